The van der Waals surface area contributed by atoms with Crippen molar-refractivity contribution in [2.75, 3.05) is 6.54 Å². The van der Waals surface area contributed by atoms with Crippen LogP contribution in [0.25, 0.3) is 5.57 Å². The van der Waals surface area contributed by atoms with Crippen molar-refractivity contribution in [2.45, 2.75) is 19.8 Å². The van der Waals surface area contributed by atoms with E-state index in [1.165, 1.54) is 18.0 Å². The lowest BCUT2D eigenvalue weighted by molar-refractivity contribution is 0.0690. The van der Waals surface area contributed by atoms with Gasteiger partial charge in [-0.05, 0) is 43.1 Å². The monoisotopic (exact) mass is 305 g/mol. The molecule has 2 rings (SSSR count). The maximum atomic E-state index is 10.9. The molecule has 0 saturated heterocycles. The topological polar surface area (TPSA) is 75.1 Å². The van der Waals surface area contributed by atoms with Crippen LogP contribution in [-0.4, -0.2) is 27.6 Å². The molecule has 1 aliphatic rings. The fraction of sp³-hybridized carbons (Fsp3) is 0.267. The number of rotatable bonds is 4. The van der Waals surface area contributed by atoms with Gasteiger partial charge in [-0.15, -0.1) is 0 Å². The number of carbonyl (C=O) groups is 1. The molecule has 110 valence electrons. The van der Waals surface area contributed by atoms with Gasteiger partial charge in [0.25, 0.3) is 0 Å². The third kappa shape index (κ3) is 3.70. The molecule has 1 aromatic rings. The van der Waals surface area contributed by atoms with Gasteiger partial charge < -0.3 is 10.4 Å². The first-order valence-electron chi connectivity index (χ1n) is 6.55. The van der Waals surface area contributed by atoms with Gasteiger partial charge in [-0.1, -0.05) is 18.2 Å². The lowest BCUT2D eigenvalue weighted by Crippen LogP contribution is -2.21. The van der Waals surface area contributed by atoms with Crippen LogP contribution < -0.4 is 5.32 Å². The Morgan fingerprint density at radius 3 is 2.86 bits per heavy atom. The first-order valence-corrected chi connectivity index (χ1v) is 6.92. The second-order valence-corrected chi connectivity index (χ2v) is 5.20. The van der Waals surface area contributed by atoms with Gasteiger partial charge in [0.2, 0.25) is 0 Å². The lowest BCUT2D eigenvalue weighted by Gasteiger charge is -2.19. The molecule has 0 aliphatic carbocycles. The number of halogens is 1. The Kier molecular flexibility index (Phi) is 4.75. The molecule has 2 heterocycles. The highest BCUT2D eigenvalue weighted by molar-refractivity contribution is 6.32. The molecule has 0 aromatic carbocycles. The third-order valence-electron chi connectivity index (χ3n) is 3.21. The lowest BCUT2D eigenvalue weighted by atomic mass is 10.0. The van der Waals surface area contributed by atoms with Crippen LogP contribution in [0.2, 0.25) is 0 Å². The highest BCUT2D eigenvalue weighted by Gasteiger charge is 2.13. The van der Waals surface area contributed by atoms with Crippen molar-refractivity contribution in [3.8, 4) is 0 Å². The van der Waals surface area contributed by atoms with Gasteiger partial charge in [-0.25, -0.2) is 14.8 Å². The van der Waals surface area contributed by atoms with Gasteiger partial charge in [0.1, 0.15) is 6.33 Å². The summed E-state index contributed by atoms with van der Waals surface area (Å²) in [7, 11) is 0. The van der Waals surface area contributed by atoms with Crippen molar-refractivity contribution in [3.63, 3.8) is 0 Å². The van der Waals surface area contributed by atoms with Gasteiger partial charge in [0.15, 0.2) is 5.69 Å². The van der Waals surface area contributed by atoms with E-state index in [9.17, 15) is 4.79 Å². The largest absolute Gasteiger partial charge is 0.477 e. The first-order chi connectivity index (χ1) is 9.99. The SMILES string of the molecule is C=C(/C=C(/Cl)C1=C(C)CCCN1)c1cc(C(=O)O)ncn1. The number of nitrogens with zero attached hydrogens (tertiary/aromatic N) is 2. The molecule has 5 nitrogen and oxygen atoms in total. The standard InChI is InChI=1S/C15H16ClN3O2/c1-9-4-3-5-17-14(9)11(16)6-10(2)12-7-13(15(20)21)19-8-18-12/h6-8,17H,2-5H2,1H3,(H,20,21)/b11-6+. The summed E-state index contributed by atoms with van der Waals surface area (Å²) in [4.78, 5) is 18.6. The van der Waals surface area contributed by atoms with E-state index < -0.39 is 5.97 Å². The minimum absolute atomic E-state index is 0.0724. The maximum Gasteiger partial charge on any atom is 0.354 e. The van der Waals surface area contributed by atoms with Crippen LogP contribution in [0.15, 0.2) is 41.4 Å². The van der Waals surface area contributed by atoms with E-state index in [1.807, 2.05) is 6.92 Å². The number of aromatic nitrogens is 2. The van der Waals surface area contributed by atoms with Crippen molar-refractivity contribution in [2.24, 2.45) is 0 Å². The average molecular weight is 306 g/mol. The number of hydrogen-bond donors (Lipinski definition) is 2. The Bertz CT molecular complexity index is 650. The summed E-state index contributed by atoms with van der Waals surface area (Å²) in [5, 5.41) is 12.7. The number of nitrogens with one attached hydrogen (secondary N) is 1. The molecule has 0 amide bonds. The fourth-order valence-corrected chi connectivity index (χ4v) is 2.44. The molecule has 6 heteroatoms. The summed E-state index contributed by atoms with van der Waals surface area (Å²) in [5.74, 6) is -1.10. The van der Waals surface area contributed by atoms with Gasteiger partial charge in [0.05, 0.1) is 16.4 Å². The van der Waals surface area contributed by atoms with Gasteiger partial charge >= 0.3 is 5.97 Å². The second kappa shape index (κ2) is 6.54. The predicted octanol–water partition coefficient (Wildman–Crippen LogP) is 2.97. The molecule has 1 aromatic heterocycles. The smallest absolute Gasteiger partial charge is 0.354 e. The molecular weight excluding hydrogens is 290 g/mol. The Hall–Kier alpha value is -2.14. The number of carboxylic acids is 1. The van der Waals surface area contributed by atoms with Gasteiger partial charge in [-0.2, -0.15) is 0 Å². The summed E-state index contributed by atoms with van der Waals surface area (Å²) >= 11 is 6.32. The van der Waals surface area contributed by atoms with Crippen LogP contribution in [0.4, 0.5) is 0 Å². The number of carboxylic acid groups (broad SMARTS) is 1. The molecule has 0 radical (unpaired) electrons. The van der Waals surface area contributed by atoms with Crippen LogP contribution >= 0.6 is 11.6 Å². The Morgan fingerprint density at radius 1 is 1.48 bits per heavy atom. The van der Waals surface area contributed by atoms with Crippen molar-refractivity contribution < 1.29 is 9.90 Å². The summed E-state index contributed by atoms with van der Waals surface area (Å²) in [6.07, 6.45) is 4.99. The highest BCUT2D eigenvalue weighted by Crippen LogP contribution is 2.25. The van der Waals surface area contributed by atoms with Crippen molar-refractivity contribution in [1.82, 2.24) is 15.3 Å². The van der Waals surface area contributed by atoms with Crippen molar-refractivity contribution in [1.29, 1.82) is 0 Å². The van der Waals surface area contributed by atoms with E-state index in [0.717, 1.165) is 25.1 Å². The fourth-order valence-electron chi connectivity index (χ4n) is 2.08. The van der Waals surface area contributed by atoms with E-state index in [0.29, 0.717) is 16.3 Å². The molecule has 0 bridgehead atoms. The molecule has 0 atom stereocenters. The van der Waals surface area contributed by atoms with Crippen molar-refractivity contribution in [3.05, 3.63) is 52.7 Å². The second-order valence-electron chi connectivity index (χ2n) is 4.80. The van der Waals surface area contributed by atoms with Crippen LogP contribution in [0.3, 0.4) is 0 Å². The average Bonchev–Trinajstić information content (AvgIpc) is 2.47. The summed E-state index contributed by atoms with van der Waals surface area (Å²) < 4.78 is 0. The van der Waals surface area contributed by atoms with E-state index in [2.05, 4.69) is 21.9 Å². The summed E-state index contributed by atoms with van der Waals surface area (Å²) in [6.45, 7) is 6.82. The minimum Gasteiger partial charge on any atom is -0.477 e. The minimum atomic E-state index is -1.10. The van der Waals surface area contributed by atoms with Crippen LogP contribution in [0, 0.1) is 0 Å². The molecule has 0 unspecified atom stereocenters. The van der Waals surface area contributed by atoms with Crippen LogP contribution in [-0.2, 0) is 0 Å². The molecule has 0 fully saturated rings. The van der Waals surface area contributed by atoms with Crippen LogP contribution in [0.1, 0.15) is 35.9 Å². The number of allylic oxidation sites excluding steroid dienone is 4. The van der Waals surface area contributed by atoms with E-state index in [-0.39, 0.29) is 5.69 Å². The quantitative estimate of drug-likeness (QED) is 0.836. The summed E-state index contributed by atoms with van der Waals surface area (Å²) in [5.41, 5.74) is 3.02. The summed E-state index contributed by atoms with van der Waals surface area (Å²) in [6, 6.07) is 1.38. The molecular formula is C15H16ClN3O2. The van der Waals surface area contributed by atoms with E-state index in [1.54, 1.807) is 6.08 Å². The van der Waals surface area contributed by atoms with E-state index >= 15 is 0 Å². The molecule has 0 saturated carbocycles. The zero-order valence-corrected chi connectivity index (χ0v) is 12.4. The highest BCUT2D eigenvalue weighted by atomic mass is 35.5. The van der Waals surface area contributed by atoms with E-state index in [4.69, 9.17) is 16.7 Å². The molecule has 0 spiro atoms. The molecule has 1 aliphatic heterocycles. The normalized spacial score (nSPS) is 15.6. The first kappa shape index (κ1) is 15.3. The van der Waals surface area contributed by atoms with Crippen molar-refractivity contribution >= 4 is 23.1 Å². The molecule has 21 heavy (non-hydrogen) atoms. The third-order valence-corrected chi connectivity index (χ3v) is 3.51. The maximum absolute atomic E-state index is 10.9. The predicted molar refractivity (Wildman–Crippen MR) is 81.9 cm³/mol. The molecule has 2 N–H and O–H groups in total. The Balaban J connectivity index is 2.26. The zero-order chi connectivity index (χ0) is 15.4. The zero-order valence-electron chi connectivity index (χ0n) is 11.7. The Labute approximate surface area is 128 Å². The van der Waals surface area contributed by atoms with Crippen LogP contribution in [0.5, 0.6) is 0 Å². The van der Waals surface area contributed by atoms with Gasteiger partial charge in [0, 0.05) is 6.54 Å². The number of hydrogen-bond acceptors (Lipinski definition) is 4. The van der Waals surface area contributed by atoms with Gasteiger partial charge in [-0.3, -0.25) is 0 Å². The Morgan fingerprint density at radius 2 is 2.19 bits per heavy atom. The number of aromatic carboxylic acids is 1.